The van der Waals surface area contributed by atoms with Crippen LogP contribution in [0.25, 0.3) is 0 Å². The second-order valence-electron chi connectivity index (χ2n) is 2.02. The first kappa shape index (κ1) is 9.62. The summed E-state index contributed by atoms with van der Waals surface area (Å²) in [5.41, 5.74) is 0. The van der Waals surface area contributed by atoms with Gasteiger partial charge < -0.3 is 5.11 Å². The van der Waals surface area contributed by atoms with Crippen LogP contribution in [0.15, 0.2) is 0 Å². The fourth-order valence-electron chi connectivity index (χ4n) is 0.350. The van der Waals surface area contributed by atoms with Gasteiger partial charge in [0, 0.05) is 6.54 Å². The van der Waals surface area contributed by atoms with Gasteiger partial charge in [0.15, 0.2) is 0 Å². The Bertz CT molecular complexity index is 77.4. The zero-order chi connectivity index (χ0) is 7.33. The van der Waals surface area contributed by atoms with Crippen molar-refractivity contribution in [2.75, 3.05) is 31.9 Å². The average molecular weight is 169 g/mol. The molecule has 0 radical (unpaired) electrons. The van der Waals surface area contributed by atoms with Gasteiger partial charge in [0.2, 0.25) is 0 Å². The van der Waals surface area contributed by atoms with Crippen LogP contribution in [0.2, 0.25) is 0 Å². The molecule has 0 heterocycles. The molecule has 0 aromatic heterocycles. The summed E-state index contributed by atoms with van der Waals surface area (Å²) in [7, 11) is 1.15. The number of nitrogens with one attached hydrogen (secondary N) is 1. The van der Waals surface area contributed by atoms with Gasteiger partial charge in [-0.3, -0.25) is 4.72 Å². The predicted octanol–water partition coefficient (Wildman–Crippen LogP) is 0.825. The summed E-state index contributed by atoms with van der Waals surface area (Å²) in [5, 5.41) is 8.47. The van der Waals surface area contributed by atoms with E-state index in [2.05, 4.69) is 23.5 Å². The summed E-state index contributed by atoms with van der Waals surface area (Å²) in [5.74, 6) is 0. The van der Waals surface area contributed by atoms with Crippen molar-refractivity contribution in [3.63, 3.8) is 0 Å². The minimum absolute atomic E-state index is 0.233. The molecule has 58 valence electrons. The van der Waals surface area contributed by atoms with E-state index in [1.54, 1.807) is 0 Å². The van der Waals surface area contributed by atoms with Gasteiger partial charge in [-0.25, -0.2) is 0 Å². The quantitative estimate of drug-likeness (QED) is 0.611. The van der Waals surface area contributed by atoms with Crippen molar-refractivity contribution in [1.29, 1.82) is 0 Å². The van der Waals surface area contributed by atoms with Crippen LogP contribution in [0.1, 0.15) is 0 Å². The summed E-state index contributed by atoms with van der Waals surface area (Å²) in [4.78, 5) is 0. The van der Waals surface area contributed by atoms with Gasteiger partial charge in [0.05, 0.1) is 6.61 Å². The summed E-state index contributed by atoms with van der Waals surface area (Å²) in [6, 6.07) is 0. The summed E-state index contributed by atoms with van der Waals surface area (Å²) < 4.78 is 3.25. The highest BCUT2D eigenvalue weighted by Crippen LogP contribution is 2.46. The standard InChI is InChI=1S/C5H15NOS2/c1-8-9(2,3)6-4-5-7/h6-7H,4-5H2,1-3H3. The predicted molar refractivity (Wildman–Crippen MR) is 48.0 cm³/mol. The van der Waals surface area contributed by atoms with Crippen molar-refractivity contribution in [3.05, 3.63) is 0 Å². The number of hydrogen-bond acceptors (Lipinski definition) is 3. The van der Waals surface area contributed by atoms with Crippen LogP contribution in [0, 0.1) is 0 Å². The molecule has 0 aromatic rings. The van der Waals surface area contributed by atoms with Crippen molar-refractivity contribution in [2.45, 2.75) is 0 Å². The minimum atomic E-state index is -0.675. The lowest BCUT2D eigenvalue weighted by molar-refractivity contribution is 0.302. The van der Waals surface area contributed by atoms with Gasteiger partial charge >= 0.3 is 0 Å². The molecule has 0 amide bonds. The van der Waals surface area contributed by atoms with Gasteiger partial charge in [0.25, 0.3) is 0 Å². The van der Waals surface area contributed by atoms with E-state index >= 15 is 0 Å². The Balaban J connectivity index is 3.33. The molecule has 0 aliphatic heterocycles. The van der Waals surface area contributed by atoms with Crippen LogP contribution in [-0.4, -0.2) is 37.0 Å². The first-order chi connectivity index (χ1) is 4.12. The van der Waals surface area contributed by atoms with Gasteiger partial charge in [-0.15, -0.1) is 20.0 Å². The first-order valence-electron chi connectivity index (χ1n) is 2.77. The van der Waals surface area contributed by atoms with Crippen molar-refractivity contribution in [3.8, 4) is 0 Å². The largest absolute Gasteiger partial charge is 0.395 e. The van der Waals surface area contributed by atoms with Crippen molar-refractivity contribution in [1.82, 2.24) is 4.72 Å². The average Bonchev–Trinajstić information content (AvgIpc) is 1.84. The molecule has 0 aliphatic carbocycles. The third-order valence-electron chi connectivity index (χ3n) is 0.978. The van der Waals surface area contributed by atoms with Gasteiger partial charge in [-0.05, 0) is 18.8 Å². The van der Waals surface area contributed by atoms with Crippen molar-refractivity contribution >= 4 is 20.0 Å². The van der Waals surface area contributed by atoms with Crippen LogP contribution < -0.4 is 4.72 Å². The lowest BCUT2D eigenvalue weighted by atomic mass is 10.8. The molecule has 0 rings (SSSR count). The lowest BCUT2D eigenvalue weighted by Crippen LogP contribution is -2.19. The molecule has 0 saturated carbocycles. The van der Waals surface area contributed by atoms with Crippen LogP contribution in [0.3, 0.4) is 0 Å². The first-order valence-corrected chi connectivity index (χ1v) is 6.96. The molecule has 0 aliphatic rings. The maximum Gasteiger partial charge on any atom is 0.0564 e. The van der Waals surface area contributed by atoms with Gasteiger partial charge in [0.1, 0.15) is 0 Å². The fourth-order valence-corrected chi connectivity index (χ4v) is 1.65. The summed E-state index contributed by atoms with van der Waals surface area (Å²) in [6.07, 6.45) is 6.43. The smallest absolute Gasteiger partial charge is 0.0564 e. The number of hydrogen-bond donors (Lipinski definition) is 2. The molecule has 0 spiro atoms. The Kier molecular flexibility index (Phi) is 4.74. The highest BCUT2D eigenvalue weighted by molar-refractivity contribution is 8.92. The van der Waals surface area contributed by atoms with E-state index in [0.717, 1.165) is 0 Å². The van der Waals surface area contributed by atoms with E-state index in [9.17, 15) is 0 Å². The number of aliphatic hydroxyl groups excluding tert-OH is 1. The number of aliphatic hydroxyl groups is 1. The topological polar surface area (TPSA) is 32.3 Å². The van der Waals surface area contributed by atoms with E-state index in [-0.39, 0.29) is 6.61 Å². The van der Waals surface area contributed by atoms with Crippen LogP contribution >= 0.6 is 20.0 Å². The van der Waals surface area contributed by atoms with E-state index < -0.39 is 9.25 Å². The van der Waals surface area contributed by atoms with E-state index in [1.807, 2.05) is 10.8 Å². The molecule has 0 saturated heterocycles. The monoisotopic (exact) mass is 169 g/mol. The highest BCUT2D eigenvalue weighted by atomic mass is 33.2. The fraction of sp³-hybridized carbons (Fsp3) is 1.00. The third kappa shape index (κ3) is 5.08. The highest BCUT2D eigenvalue weighted by Gasteiger charge is 2.05. The van der Waals surface area contributed by atoms with E-state index in [1.165, 1.54) is 0 Å². The van der Waals surface area contributed by atoms with Crippen LogP contribution in [0.5, 0.6) is 0 Å². The molecule has 0 unspecified atom stereocenters. The number of rotatable bonds is 4. The second kappa shape index (κ2) is 4.44. The molecule has 0 fully saturated rings. The Hall–Kier alpha value is 0.620. The lowest BCUT2D eigenvalue weighted by Gasteiger charge is -2.29. The molecule has 0 atom stereocenters. The second-order valence-corrected chi connectivity index (χ2v) is 8.61. The van der Waals surface area contributed by atoms with Gasteiger partial charge in [-0.1, -0.05) is 0 Å². The Labute approximate surface area is 62.3 Å². The molecule has 0 aromatic carbocycles. The molecule has 9 heavy (non-hydrogen) atoms. The van der Waals surface area contributed by atoms with Crippen LogP contribution in [-0.2, 0) is 0 Å². The maximum absolute atomic E-state index is 8.47. The molecule has 0 bridgehead atoms. The molecule has 2 nitrogen and oxygen atoms in total. The zero-order valence-corrected chi connectivity index (χ0v) is 7.81. The summed E-state index contributed by atoms with van der Waals surface area (Å²) in [6.45, 7) is 0.945. The van der Waals surface area contributed by atoms with E-state index in [4.69, 9.17) is 5.11 Å². The minimum Gasteiger partial charge on any atom is -0.395 e. The van der Waals surface area contributed by atoms with Crippen LogP contribution in [0.4, 0.5) is 0 Å². The van der Waals surface area contributed by atoms with Gasteiger partial charge in [-0.2, -0.15) is 0 Å². The molecular formula is C5H15NOS2. The SMILES string of the molecule is CSS(C)(C)NCCO. The molecule has 2 N–H and O–H groups in total. The Morgan fingerprint density at radius 1 is 1.56 bits per heavy atom. The van der Waals surface area contributed by atoms with E-state index in [0.29, 0.717) is 6.54 Å². The zero-order valence-electron chi connectivity index (χ0n) is 6.18. The molecular weight excluding hydrogens is 154 g/mol. The summed E-state index contributed by atoms with van der Waals surface area (Å²) >= 11 is 0. The Morgan fingerprint density at radius 2 is 2.11 bits per heavy atom. The normalized spacial score (nSPS) is 13.8. The Morgan fingerprint density at radius 3 is 2.44 bits per heavy atom. The van der Waals surface area contributed by atoms with Crippen molar-refractivity contribution < 1.29 is 5.11 Å². The molecule has 4 heteroatoms. The maximum atomic E-state index is 8.47. The van der Waals surface area contributed by atoms with Crippen molar-refractivity contribution in [2.24, 2.45) is 0 Å². The third-order valence-corrected chi connectivity index (χ3v) is 5.56.